The number of aromatic nitrogens is 3. The highest BCUT2D eigenvalue weighted by atomic mass is 16.4. The molecule has 2 heterocycles. The molecule has 4 N–H and O–H groups in total. The minimum atomic E-state index is -1.23. The van der Waals surface area contributed by atoms with E-state index < -0.39 is 12.1 Å². The first kappa shape index (κ1) is 27.9. The maximum absolute atomic E-state index is 13.1. The first-order valence-electron chi connectivity index (χ1n) is 14.0. The molecule has 0 saturated heterocycles. The lowest BCUT2D eigenvalue weighted by Crippen LogP contribution is -2.51. The third kappa shape index (κ3) is 7.33. The Bertz CT molecular complexity index is 1480. The molecule has 10 heteroatoms. The van der Waals surface area contributed by atoms with Crippen LogP contribution in [0, 0.1) is 0 Å². The number of fused-ring (bicyclic) bond motifs is 1. The number of imidazole rings is 1. The molecule has 1 atom stereocenters. The number of carbonyl (C=O) groups is 2. The maximum atomic E-state index is 13.1. The zero-order valence-electron chi connectivity index (χ0n) is 23.5. The van der Waals surface area contributed by atoms with E-state index >= 15 is 0 Å². The standard InChI is InChI=1S/C31H37N7O3/c1-37(2)28-17-29(35-26-11-7-6-10-25(26)28)33-22-12-14-23(15-13-22)34-30(39)27(36-31(40)41)16-24-19-38(20-32-24)18-21-8-4-3-5-9-21/h3-11,17,19-20,22-23,27,36H,12-16,18H2,1-2H3,(H,33,35)(H,34,39)(H,40,41)/t22?,23?,27-/m0/s1. The molecule has 10 nitrogen and oxygen atoms in total. The van der Waals surface area contributed by atoms with Crippen LogP contribution in [-0.4, -0.2) is 63.9 Å². The van der Waals surface area contributed by atoms with Gasteiger partial charge in [0, 0.05) is 62.5 Å². The number of carbonyl (C=O) groups excluding carboxylic acids is 1. The zero-order valence-corrected chi connectivity index (χ0v) is 23.5. The first-order valence-corrected chi connectivity index (χ1v) is 14.0. The largest absolute Gasteiger partial charge is 0.465 e. The Hall–Kier alpha value is -4.60. The summed E-state index contributed by atoms with van der Waals surface area (Å²) in [6.45, 7) is 0.652. The molecule has 214 valence electrons. The topological polar surface area (TPSA) is 124 Å². The second-order valence-corrected chi connectivity index (χ2v) is 10.9. The smallest absolute Gasteiger partial charge is 0.405 e. The number of hydrogen-bond acceptors (Lipinski definition) is 6. The lowest BCUT2D eigenvalue weighted by molar-refractivity contribution is -0.124. The van der Waals surface area contributed by atoms with Gasteiger partial charge in [-0.2, -0.15) is 0 Å². The predicted molar refractivity (Wildman–Crippen MR) is 160 cm³/mol. The second kappa shape index (κ2) is 12.7. The van der Waals surface area contributed by atoms with Gasteiger partial charge in [-0.15, -0.1) is 0 Å². The Labute approximate surface area is 239 Å². The molecule has 41 heavy (non-hydrogen) atoms. The fourth-order valence-electron chi connectivity index (χ4n) is 5.45. The third-order valence-corrected chi connectivity index (χ3v) is 7.52. The van der Waals surface area contributed by atoms with Gasteiger partial charge in [0.25, 0.3) is 0 Å². The van der Waals surface area contributed by atoms with Crippen LogP contribution in [0.1, 0.15) is 36.9 Å². The summed E-state index contributed by atoms with van der Waals surface area (Å²) in [6.07, 6.45) is 5.84. The fraction of sp³-hybridized carbons (Fsp3) is 0.355. The summed E-state index contributed by atoms with van der Waals surface area (Å²) in [7, 11) is 4.06. The molecule has 1 aliphatic rings. The van der Waals surface area contributed by atoms with E-state index in [2.05, 4.69) is 38.0 Å². The van der Waals surface area contributed by atoms with E-state index in [0.29, 0.717) is 12.2 Å². The Morgan fingerprint density at radius 3 is 2.46 bits per heavy atom. The van der Waals surface area contributed by atoms with Gasteiger partial charge in [-0.25, -0.2) is 14.8 Å². The number of hydrogen-bond donors (Lipinski definition) is 4. The van der Waals surface area contributed by atoms with Crippen molar-refractivity contribution in [2.24, 2.45) is 0 Å². The van der Waals surface area contributed by atoms with Gasteiger partial charge in [0.15, 0.2) is 0 Å². The van der Waals surface area contributed by atoms with Crippen LogP contribution in [-0.2, 0) is 17.8 Å². The number of pyridine rings is 1. The average Bonchev–Trinajstić information content (AvgIpc) is 3.40. The van der Waals surface area contributed by atoms with E-state index in [0.717, 1.165) is 53.7 Å². The summed E-state index contributed by atoms with van der Waals surface area (Å²) >= 11 is 0. The van der Waals surface area contributed by atoms with Crippen LogP contribution in [0.3, 0.4) is 0 Å². The van der Waals surface area contributed by atoms with Crippen molar-refractivity contribution in [1.82, 2.24) is 25.2 Å². The molecule has 2 aromatic heterocycles. The first-order chi connectivity index (χ1) is 19.8. The molecule has 2 aromatic carbocycles. The van der Waals surface area contributed by atoms with Crippen molar-refractivity contribution in [2.45, 2.75) is 56.8 Å². The lowest BCUT2D eigenvalue weighted by Gasteiger charge is -2.31. The van der Waals surface area contributed by atoms with Crippen LogP contribution >= 0.6 is 0 Å². The number of nitrogens with zero attached hydrogens (tertiary/aromatic N) is 4. The SMILES string of the molecule is CN(C)c1cc(NC2CCC(NC(=O)[C@H](Cc3cn(Cc4ccccc4)cn3)NC(=O)O)CC2)nc2ccccc12. The molecule has 1 saturated carbocycles. The molecular weight excluding hydrogens is 518 g/mol. The molecule has 0 radical (unpaired) electrons. The van der Waals surface area contributed by atoms with Crippen LogP contribution in [0.2, 0.25) is 0 Å². The molecular formula is C31H37N7O3. The molecule has 1 aliphatic carbocycles. The van der Waals surface area contributed by atoms with Gasteiger partial charge in [-0.3, -0.25) is 4.79 Å². The number of para-hydroxylation sites is 1. The van der Waals surface area contributed by atoms with Gasteiger partial charge in [0.1, 0.15) is 11.9 Å². The van der Waals surface area contributed by atoms with E-state index in [-0.39, 0.29) is 24.4 Å². The average molecular weight is 556 g/mol. The highest BCUT2D eigenvalue weighted by Gasteiger charge is 2.27. The molecule has 1 fully saturated rings. The molecule has 0 unspecified atom stereocenters. The van der Waals surface area contributed by atoms with Gasteiger partial charge in [-0.1, -0.05) is 48.5 Å². The molecule has 4 aromatic rings. The van der Waals surface area contributed by atoms with Crippen LogP contribution in [0.4, 0.5) is 16.3 Å². The quantitative estimate of drug-likeness (QED) is 0.230. The van der Waals surface area contributed by atoms with E-state index in [4.69, 9.17) is 4.98 Å². The molecule has 0 bridgehead atoms. The maximum Gasteiger partial charge on any atom is 0.405 e. The van der Waals surface area contributed by atoms with Crippen LogP contribution in [0.5, 0.6) is 0 Å². The van der Waals surface area contributed by atoms with Crippen molar-refractivity contribution >= 4 is 34.4 Å². The minimum Gasteiger partial charge on any atom is -0.465 e. The van der Waals surface area contributed by atoms with Crippen molar-refractivity contribution < 1.29 is 14.7 Å². The molecule has 0 spiro atoms. The monoisotopic (exact) mass is 555 g/mol. The minimum absolute atomic E-state index is 0.0174. The number of carboxylic acid groups (broad SMARTS) is 1. The van der Waals surface area contributed by atoms with Crippen molar-refractivity contribution in [3.05, 3.63) is 84.4 Å². The number of rotatable bonds is 10. The van der Waals surface area contributed by atoms with E-state index in [1.54, 1.807) is 6.33 Å². The highest BCUT2D eigenvalue weighted by Crippen LogP contribution is 2.29. The zero-order chi connectivity index (χ0) is 28.8. The third-order valence-electron chi connectivity index (χ3n) is 7.52. The van der Waals surface area contributed by atoms with Gasteiger partial charge in [-0.05, 0) is 37.3 Å². The Morgan fingerprint density at radius 2 is 1.73 bits per heavy atom. The number of nitrogens with one attached hydrogen (secondary N) is 3. The van der Waals surface area contributed by atoms with E-state index in [9.17, 15) is 14.7 Å². The summed E-state index contributed by atoms with van der Waals surface area (Å²) in [6, 6.07) is 19.5. The van der Waals surface area contributed by atoms with Gasteiger partial charge >= 0.3 is 6.09 Å². The number of benzene rings is 2. The van der Waals surface area contributed by atoms with Crippen molar-refractivity contribution in [1.29, 1.82) is 0 Å². The van der Waals surface area contributed by atoms with Crippen LogP contribution in [0.15, 0.2) is 73.2 Å². The molecule has 5 rings (SSSR count). The highest BCUT2D eigenvalue weighted by molar-refractivity contribution is 5.93. The summed E-state index contributed by atoms with van der Waals surface area (Å²) in [5.74, 6) is 0.519. The number of amides is 2. The number of anilines is 2. The fourth-order valence-corrected chi connectivity index (χ4v) is 5.45. The van der Waals surface area contributed by atoms with Crippen molar-refractivity contribution in [3.8, 4) is 0 Å². The van der Waals surface area contributed by atoms with Gasteiger partial charge in [0.05, 0.1) is 17.5 Å². The summed E-state index contributed by atoms with van der Waals surface area (Å²) in [5, 5.41) is 19.5. The Kier molecular flexibility index (Phi) is 8.67. The predicted octanol–water partition coefficient (Wildman–Crippen LogP) is 4.26. The van der Waals surface area contributed by atoms with Crippen molar-refractivity contribution in [2.75, 3.05) is 24.3 Å². The van der Waals surface area contributed by atoms with Crippen LogP contribution in [0.25, 0.3) is 10.9 Å². The summed E-state index contributed by atoms with van der Waals surface area (Å²) in [4.78, 5) is 35.9. The normalized spacial score (nSPS) is 17.5. The summed E-state index contributed by atoms with van der Waals surface area (Å²) < 4.78 is 1.93. The van der Waals surface area contributed by atoms with Crippen LogP contribution < -0.4 is 20.9 Å². The Morgan fingerprint density at radius 1 is 1.02 bits per heavy atom. The molecule has 0 aliphatic heterocycles. The van der Waals surface area contributed by atoms with Gasteiger partial charge in [0.2, 0.25) is 5.91 Å². The lowest BCUT2D eigenvalue weighted by atomic mass is 9.90. The van der Waals surface area contributed by atoms with Gasteiger partial charge < -0.3 is 30.5 Å². The van der Waals surface area contributed by atoms with E-state index in [1.807, 2.05) is 73.4 Å². The molecule has 2 amide bonds. The Balaban J connectivity index is 1.16. The summed E-state index contributed by atoms with van der Waals surface area (Å²) in [5.41, 5.74) is 3.85. The van der Waals surface area contributed by atoms with Crippen molar-refractivity contribution in [3.63, 3.8) is 0 Å². The second-order valence-electron chi connectivity index (χ2n) is 10.9. The van der Waals surface area contributed by atoms with E-state index in [1.165, 1.54) is 0 Å².